The summed E-state index contributed by atoms with van der Waals surface area (Å²) in [6.07, 6.45) is 0. The molecule has 0 aliphatic carbocycles. The molecule has 1 aromatic rings. The summed E-state index contributed by atoms with van der Waals surface area (Å²) in [5.41, 5.74) is 1.34. The van der Waals surface area contributed by atoms with Gasteiger partial charge in [-0.3, -0.25) is 0 Å². The van der Waals surface area contributed by atoms with Crippen LogP contribution in [0.4, 0.5) is 0 Å². The summed E-state index contributed by atoms with van der Waals surface area (Å²) in [5.74, 6) is 1.57. The van der Waals surface area contributed by atoms with Gasteiger partial charge in [0.25, 0.3) is 0 Å². The molecule has 0 radical (unpaired) electrons. The van der Waals surface area contributed by atoms with Crippen LogP contribution in [0.5, 0.6) is 5.75 Å². The molecule has 0 fully saturated rings. The summed E-state index contributed by atoms with van der Waals surface area (Å²) in [6, 6.07) is 6.41. The highest BCUT2D eigenvalue weighted by molar-refractivity contribution is 14.1. The molecule has 0 bridgehead atoms. The molecule has 0 saturated carbocycles. The van der Waals surface area contributed by atoms with Crippen molar-refractivity contribution in [3.63, 3.8) is 0 Å². The Kier molecular flexibility index (Phi) is 4.03. The lowest BCUT2D eigenvalue weighted by molar-refractivity contribution is 0.337. The van der Waals surface area contributed by atoms with E-state index >= 15 is 0 Å². The minimum atomic E-state index is 0.566. The van der Waals surface area contributed by atoms with Crippen molar-refractivity contribution in [2.75, 3.05) is 6.61 Å². The third-order valence-corrected chi connectivity index (χ3v) is 2.81. The van der Waals surface area contributed by atoms with Gasteiger partial charge in [-0.05, 0) is 53.1 Å². The molecule has 0 N–H and O–H groups in total. The highest BCUT2D eigenvalue weighted by atomic mass is 127. The molecule has 1 aromatic carbocycles. The van der Waals surface area contributed by atoms with Crippen LogP contribution in [0.2, 0.25) is 0 Å². The zero-order valence-electron chi connectivity index (χ0n) is 8.30. The maximum absolute atomic E-state index is 5.52. The zero-order valence-corrected chi connectivity index (χ0v) is 10.5. The molecule has 0 aromatic heterocycles. The largest absolute Gasteiger partial charge is 0.493 e. The minimum absolute atomic E-state index is 0.566. The molecule has 0 saturated heterocycles. The number of halogens is 1. The molecule has 0 aliphatic rings. The van der Waals surface area contributed by atoms with Crippen LogP contribution in [-0.2, 0) is 0 Å². The second-order valence-corrected chi connectivity index (χ2v) is 4.44. The molecule has 0 amide bonds. The van der Waals surface area contributed by atoms with Crippen LogP contribution in [0, 0.1) is 3.57 Å². The molecule has 0 aliphatic heterocycles. The monoisotopic (exact) mass is 290 g/mol. The van der Waals surface area contributed by atoms with Gasteiger partial charge in [-0.2, -0.15) is 0 Å². The topological polar surface area (TPSA) is 9.23 Å². The minimum Gasteiger partial charge on any atom is -0.493 e. The predicted molar refractivity (Wildman–Crippen MR) is 64.4 cm³/mol. The van der Waals surface area contributed by atoms with Crippen molar-refractivity contribution in [3.8, 4) is 5.75 Å². The van der Waals surface area contributed by atoms with Crippen LogP contribution in [0.1, 0.15) is 32.3 Å². The summed E-state index contributed by atoms with van der Waals surface area (Å²) in [5, 5.41) is 0. The van der Waals surface area contributed by atoms with Crippen LogP contribution < -0.4 is 4.74 Å². The predicted octanol–water partition coefficient (Wildman–Crippen LogP) is 3.81. The molecule has 0 atom stereocenters. The fraction of sp³-hybridized carbons (Fsp3) is 0.455. The molecule has 1 nitrogen and oxygen atoms in total. The van der Waals surface area contributed by atoms with Gasteiger partial charge in [0.15, 0.2) is 0 Å². The van der Waals surface area contributed by atoms with Crippen molar-refractivity contribution in [2.24, 2.45) is 0 Å². The Morgan fingerprint density at radius 1 is 1.38 bits per heavy atom. The smallest absolute Gasteiger partial charge is 0.132 e. The second-order valence-electron chi connectivity index (χ2n) is 3.28. The highest BCUT2D eigenvalue weighted by Gasteiger charge is 2.04. The lowest BCUT2D eigenvalue weighted by Crippen LogP contribution is -1.96. The van der Waals surface area contributed by atoms with E-state index in [-0.39, 0.29) is 0 Å². The average molecular weight is 290 g/mol. The Labute approximate surface area is 93.6 Å². The molecular formula is C11H15IO. The SMILES string of the molecule is CCOc1cc(C(C)C)ccc1I. The first-order valence-corrected chi connectivity index (χ1v) is 5.65. The first kappa shape index (κ1) is 10.8. The molecule has 13 heavy (non-hydrogen) atoms. The molecule has 0 spiro atoms. The third kappa shape index (κ3) is 2.86. The van der Waals surface area contributed by atoms with Crippen molar-refractivity contribution in [2.45, 2.75) is 26.7 Å². The Morgan fingerprint density at radius 2 is 2.08 bits per heavy atom. The summed E-state index contributed by atoms with van der Waals surface area (Å²) < 4.78 is 6.70. The van der Waals surface area contributed by atoms with Gasteiger partial charge in [0.2, 0.25) is 0 Å². The third-order valence-electron chi connectivity index (χ3n) is 1.92. The van der Waals surface area contributed by atoms with Crippen LogP contribution in [0.3, 0.4) is 0 Å². The van der Waals surface area contributed by atoms with E-state index in [4.69, 9.17) is 4.74 Å². The van der Waals surface area contributed by atoms with Gasteiger partial charge >= 0.3 is 0 Å². The van der Waals surface area contributed by atoms with E-state index in [9.17, 15) is 0 Å². The fourth-order valence-corrected chi connectivity index (χ4v) is 1.64. The summed E-state index contributed by atoms with van der Waals surface area (Å²) >= 11 is 2.30. The first-order valence-electron chi connectivity index (χ1n) is 4.57. The van der Waals surface area contributed by atoms with Gasteiger partial charge in [0, 0.05) is 0 Å². The Hall–Kier alpha value is -0.250. The van der Waals surface area contributed by atoms with E-state index in [1.165, 1.54) is 9.13 Å². The maximum atomic E-state index is 5.52. The van der Waals surface area contributed by atoms with Gasteiger partial charge < -0.3 is 4.74 Å². The van der Waals surface area contributed by atoms with Crippen LogP contribution in [0.15, 0.2) is 18.2 Å². The lowest BCUT2D eigenvalue weighted by Gasteiger charge is -2.10. The number of benzene rings is 1. The van der Waals surface area contributed by atoms with Crippen LogP contribution in [0.25, 0.3) is 0 Å². The van der Waals surface area contributed by atoms with E-state index < -0.39 is 0 Å². The molecule has 72 valence electrons. The summed E-state index contributed by atoms with van der Waals surface area (Å²) in [6.45, 7) is 7.13. The quantitative estimate of drug-likeness (QED) is 0.769. The second kappa shape index (κ2) is 4.84. The summed E-state index contributed by atoms with van der Waals surface area (Å²) in [7, 11) is 0. The first-order chi connectivity index (χ1) is 6.15. The molecule has 1 rings (SSSR count). The lowest BCUT2D eigenvalue weighted by atomic mass is 10.0. The van der Waals surface area contributed by atoms with Gasteiger partial charge in [-0.15, -0.1) is 0 Å². The molecule has 2 heteroatoms. The Balaban J connectivity index is 2.97. The van der Waals surface area contributed by atoms with Crippen molar-refractivity contribution in [3.05, 3.63) is 27.3 Å². The van der Waals surface area contributed by atoms with Crippen LogP contribution in [-0.4, -0.2) is 6.61 Å². The number of ether oxygens (including phenoxy) is 1. The van der Waals surface area contributed by atoms with Crippen molar-refractivity contribution >= 4 is 22.6 Å². The van der Waals surface area contributed by atoms with Gasteiger partial charge in [-0.25, -0.2) is 0 Å². The normalized spacial score (nSPS) is 10.5. The average Bonchev–Trinajstić information content (AvgIpc) is 2.08. The van der Waals surface area contributed by atoms with E-state index in [0.717, 1.165) is 12.4 Å². The summed E-state index contributed by atoms with van der Waals surface area (Å²) in [4.78, 5) is 0. The number of hydrogen-bond acceptors (Lipinski definition) is 1. The van der Waals surface area contributed by atoms with Gasteiger partial charge in [0.1, 0.15) is 5.75 Å². The van der Waals surface area contributed by atoms with Gasteiger partial charge in [-0.1, -0.05) is 19.9 Å². The molecule has 0 heterocycles. The van der Waals surface area contributed by atoms with Crippen molar-refractivity contribution in [1.82, 2.24) is 0 Å². The molecule has 0 unspecified atom stereocenters. The number of hydrogen-bond donors (Lipinski definition) is 0. The van der Waals surface area contributed by atoms with Crippen molar-refractivity contribution < 1.29 is 4.74 Å². The zero-order chi connectivity index (χ0) is 9.84. The fourth-order valence-electron chi connectivity index (χ4n) is 1.15. The van der Waals surface area contributed by atoms with E-state index in [1.54, 1.807) is 0 Å². The molecular weight excluding hydrogens is 275 g/mol. The number of rotatable bonds is 3. The van der Waals surface area contributed by atoms with Gasteiger partial charge in [0.05, 0.1) is 10.2 Å². The van der Waals surface area contributed by atoms with Crippen LogP contribution >= 0.6 is 22.6 Å². The van der Waals surface area contributed by atoms with E-state index in [2.05, 4.69) is 54.6 Å². The van der Waals surface area contributed by atoms with E-state index in [1.807, 2.05) is 6.92 Å². The van der Waals surface area contributed by atoms with E-state index in [0.29, 0.717) is 5.92 Å². The standard InChI is InChI=1S/C11H15IO/c1-4-13-11-7-9(8(2)3)5-6-10(11)12/h5-8H,4H2,1-3H3. The Bertz CT molecular complexity index is 281. The van der Waals surface area contributed by atoms with Crippen molar-refractivity contribution in [1.29, 1.82) is 0 Å². The highest BCUT2D eigenvalue weighted by Crippen LogP contribution is 2.25. The maximum Gasteiger partial charge on any atom is 0.132 e. The Morgan fingerprint density at radius 3 is 2.62 bits per heavy atom.